The van der Waals surface area contributed by atoms with E-state index in [0.717, 1.165) is 73.0 Å². The van der Waals surface area contributed by atoms with Crippen molar-refractivity contribution in [1.82, 2.24) is 0 Å². The standard InChI is InChI=1S/C17H17NO2.C17H19NO/c19-17(14-4-2-1-3-5-14)15-6-8-16(9-7-15)18-10-12-20-13-11-18;1-3-18(4-2)16-12-8-11-15(13-16)17(19)14-9-6-5-7-10-14/h1-9H,10-13H2;5-13H,3-4H2,1-2H3. The first-order chi connectivity index (χ1) is 19.1. The molecule has 0 radical (unpaired) electrons. The van der Waals surface area contributed by atoms with Crippen LogP contribution in [0.15, 0.2) is 109 Å². The van der Waals surface area contributed by atoms with Gasteiger partial charge in [-0.25, -0.2) is 0 Å². The molecule has 39 heavy (non-hydrogen) atoms. The molecule has 4 aromatic rings. The monoisotopic (exact) mass is 520 g/mol. The molecule has 1 heterocycles. The molecule has 0 unspecified atom stereocenters. The summed E-state index contributed by atoms with van der Waals surface area (Å²) in [4.78, 5) is 29.2. The van der Waals surface area contributed by atoms with Crippen molar-refractivity contribution in [3.63, 3.8) is 0 Å². The zero-order chi connectivity index (χ0) is 27.5. The predicted octanol–water partition coefficient (Wildman–Crippen LogP) is 6.52. The average Bonchev–Trinajstić information content (AvgIpc) is 3.03. The minimum atomic E-state index is 0.0686. The Morgan fingerprint density at radius 2 is 1.13 bits per heavy atom. The first-order valence-electron chi connectivity index (χ1n) is 13.6. The van der Waals surface area contributed by atoms with Crippen LogP contribution in [0.5, 0.6) is 0 Å². The summed E-state index contributed by atoms with van der Waals surface area (Å²) in [5.41, 5.74) is 5.19. The number of ketones is 2. The third-order valence-electron chi connectivity index (χ3n) is 6.81. The number of benzene rings is 4. The molecule has 1 aliphatic rings. The second kappa shape index (κ2) is 14.1. The number of hydrogen-bond acceptors (Lipinski definition) is 5. The summed E-state index contributed by atoms with van der Waals surface area (Å²) in [5, 5.41) is 0. The summed E-state index contributed by atoms with van der Waals surface area (Å²) in [6, 6.07) is 34.5. The number of carbonyl (C=O) groups is 2. The lowest BCUT2D eigenvalue weighted by Crippen LogP contribution is -2.36. The van der Waals surface area contributed by atoms with Crippen molar-refractivity contribution >= 4 is 22.9 Å². The Morgan fingerprint density at radius 3 is 1.67 bits per heavy atom. The van der Waals surface area contributed by atoms with Gasteiger partial charge in [0.15, 0.2) is 11.6 Å². The van der Waals surface area contributed by atoms with Crippen molar-refractivity contribution < 1.29 is 14.3 Å². The highest BCUT2D eigenvalue weighted by Crippen LogP contribution is 2.20. The molecule has 0 amide bonds. The van der Waals surface area contributed by atoms with Crippen molar-refractivity contribution in [3.05, 3.63) is 131 Å². The molecular weight excluding hydrogens is 484 g/mol. The van der Waals surface area contributed by atoms with E-state index in [0.29, 0.717) is 0 Å². The Bertz CT molecular complexity index is 1330. The summed E-state index contributed by atoms with van der Waals surface area (Å²) >= 11 is 0. The van der Waals surface area contributed by atoms with Gasteiger partial charge in [0.1, 0.15) is 0 Å². The van der Waals surface area contributed by atoms with Crippen LogP contribution in [0.1, 0.15) is 45.7 Å². The van der Waals surface area contributed by atoms with E-state index in [1.54, 1.807) is 0 Å². The molecule has 1 fully saturated rings. The van der Waals surface area contributed by atoms with Gasteiger partial charge in [-0.3, -0.25) is 9.59 Å². The number of anilines is 2. The average molecular weight is 521 g/mol. The van der Waals surface area contributed by atoms with Crippen LogP contribution in [0.2, 0.25) is 0 Å². The number of rotatable bonds is 8. The predicted molar refractivity (Wildman–Crippen MR) is 159 cm³/mol. The fourth-order valence-electron chi connectivity index (χ4n) is 4.59. The Balaban J connectivity index is 0.000000181. The zero-order valence-electron chi connectivity index (χ0n) is 22.8. The molecule has 0 aliphatic carbocycles. The quantitative estimate of drug-likeness (QED) is 0.248. The Kier molecular flexibility index (Phi) is 10.0. The van der Waals surface area contributed by atoms with Gasteiger partial charge >= 0.3 is 0 Å². The highest BCUT2D eigenvalue weighted by Gasteiger charge is 2.13. The van der Waals surface area contributed by atoms with Crippen molar-refractivity contribution in [1.29, 1.82) is 0 Å². The first-order valence-corrected chi connectivity index (χ1v) is 13.6. The SMILES string of the molecule is CCN(CC)c1cccc(C(=O)c2ccccc2)c1.O=C(c1ccccc1)c1ccc(N2CCOCC2)cc1. The number of carbonyl (C=O) groups excluding carboxylic acids is 2. The van der Waals surface area contributed by atoms with E-state index in [-0.39, 0.29) is 11.6 Å². The van der Waals surface area contributed by atoms with E-state index >= 15 is 0 Å². The van der Waals surface area contributed by atoms with Crippen LogP contribution in [0.25, 0.3) is 0 Å². The maximum absolute atomic E-state index is 12.4. The molecule has 200 valence electrons. The van der Waals surface area contributed by atoms with E-state index in [1.807, 2.05) is 103 Å². The molecular formula is C34H36N2O3. The zero-order valence-corrected chi connectivity index (χ0v) is 22.8. The van der Waals surface area contributed by atoms with Gasteiger partial charge in [-0.05, 0) is 50.2 Å². The van der Waals surface area contributed by atoms with Gasteiger partial charge in [0.2, 0.25) is 0 Å². The van der Waals surface area contributed by atoms with Gasteiger partial charge < -0.3 is 14.5 Å². The van der Waals surface area contributed by atoms with Crippen molar-refractivity contribution in [2.45, 2.75) is 13.8 Å². The van der Waals surface area contributed by atoms with Crippen LogP contribution < -0.4 is 9.80 Å². The number of hydrogen-bond donors (Lipinski definition) is 0. The van der Waals surface area contributed by atoms with Crippen molar-refractivity contribution in [2.24, 2.45) is 0 Å². The number of morpholine rings is 1. The van der Waals surface area contributed by atoms with E-state index < -0.39 is 0 Å². The molecule has 1 saturated heterocycles. The lowest BCUT2D eigenvalue weighted by Gasteiger charge is -2.28. The summed E-state index contributed by atoms with van der Waals surface area (Å²) in [6.07, 6.45) is 0. The minimum absolute atomic E-state index is 0.0686. The van der Waals surface area contributed by atoms with Crippen LogP contribution >= 0.6 is 0 Å². The Morgan fingerprint density at radius 1 is 0.641 bits per heavy atom. The fraction of sp³-hybridized carbons (Fsp3) is 0.235. The normalized spacial score (nSPS) is 12.7. The first kappa shape index (κ1) is 27.8. The van der Waals surface area contributed by atoms with E-state index in [2.05, 4.69) is 29.7 Å². The molecule has 5 heteroatoms. The molecule has 5 rings (SSSR count). The van der Waals surface area contributed by atoms with Gasteiger partial charge in [0.25, 0.3) is 0 Å². The molecule has 0 saturated carbocycles. The second-order valence-corrected chi connectivity index (χ2v) is 9.26. The Labute approximate surface area is 231 Å². The molecule has 0 N–H and O–H groups in total. The van der Waals surface area contributed by atoms with Crippen molar-refractivity contribution in [3.8, 4) is 0 Å². The van der Waals surface area contributed by atoms with Gasteiger partial charge in [-0.15, -0.1) is 0 Å². The highest BCUT2D eigenvalue weighted by atomic mass is 16.5. The van der Waals surface area contributed by atoms with Crippen molar-refractivity contribution in [2.75, 3.05) is 49.2 Å². The van der Waals surface area contributed by atoms with Crippen LogP contribution in [-0.2, 0) is 4.74 Å². The van der Waals surface area contributed by atoms with E-state index in [4.69, 9.17) is 4.74 Å². The molecule has 1 aliphatic heterocycles. The lowest BCUT2D eigenvalue weighted by atomic mass is 10.0. The highest BCUT2D eigenvalue weighted by molar-refractivity contribution is 6.09. The van der Waals surface area contributed by atoms with E-state index in [1.165, 1.54) is 0 Å². The third kappa shape index (κ3) is 7.43. The molecule has 0 aromatic heterocycles. The smallest absolute Gasteiger partial charge is 0.193 e. The van der Waals surface area contributed by atoms with Crippen LogP contribution in [0.3, 0.4) is 0 Å². The maximum atomic E-state index is 12.4. The van der Waals surface area contributed by atoms with Gasteiger partial charge in [-0.1, -0.05) is 72.8 Å². The number of ether oxygens (including phenoxy) is 1. The number of nitrogens with zero attached hydrogens (tertiary/aromatic N) is 2. The lowest BCUT2D eigenvalue weighted by molar-refractivity contribution is 0.103. The largest absolute Gasteiger partial charge is 0.378 e. The molecule has 4 aromatic carbocycles. The van der Waals surface area contributed by atoms with Gasteiger partial charge in [0, 0.05) is 59.8 Å². The maximum Gasteiger partial charge on any atom is 0.193 e. The molecule has 5 nitrogen and oxygen atoms in total. The van der Waals surface area contributed by atoms with Crippen LogP contribution in [0.4, 0.5) is 11.4 Å². The van der Waals surface area contributed by atoms with Crippen LogP contribution in [-0.4, -0.2) is 51.0 Å². The van der Waals surface area contributed by atoms with Crippen LogP contribution in [0, 0.1) is 0 Å². The molecule has 0 bridgehead atoms. The van der Waals surface area contributed by atoms with E-state index in [9.17, 15) is 9.59 Å². The van der Waals surface area contributed by atoms with Gasteiger partial charge in [-0.2, -0.15) is 0 Å². The van der Waals surface area contributed by atoms with Gasteiger partial charge in [0.05, 0.1) is 13.2 Å². The molecule has 0 atom stereocenters. The third-order valence-corrected chi connectivity index (χ3v) is 6.81. The molecule has 0 spiro atoms. The minimum Gasteiger partial charge on any atom is -0.378 e. The Hall–Kier alpha value is -4.22. The second-order valence-electron chi connectivity index (χ2n) is 9.26. The summed E-state index contributed by atoms with van der Waals surface area (Å²) in [7, 11) is 0. The summed E-state index contributed by atoms with van der Waals surface area (Å²) in [6.45, 7) is 9.48. The fourth-order valence-corrected chi connectivity index (χ4v) is 4.59. The summed E-state index contributed by atoms with van der Waals surface area (Å²) in [5.74, 6) is 0.147. The topological polar surface area (TPSA) is 49.9 Å². The summed E-state index contributed by atoms with van der Waals surface area (Å²) < 4.78 is 5.35.